The minimum atomic E-state index is -1.14. The van der Waals surface area contributed by atoms with Gasteiger partial charge in [-0.15, -0.1) is 0 Å². The van der Waals surface area contributed by atoms with E-state index in [2.05, 4.69) is 0 Å². The van der Waals surface area contributed by atoms with Crippen LogP contribution in [0.5, 0.6) is 0 Å². The number of carbonyl (C=O) groups is 3. The van der Waals surface area contributed by atoms with Crippen molar-refractivity contribution < 1.29 is 19.5 Å². The molecule has 82 valence electrons. The summed E-state index contributed by atoms with van der Waals surface area (Å²) in [6.07, 6.45) is 2.59. The van der Waals surface area contributed by atoms with E-state index in [1.165, 1.54) is 4.90 Å². The normalized spacial score (nSPS) is 16.8. The molecule has 0 aliphatic carbocycles. The van der Waals surface area contributed by atoms with Gasteiger partial charge in [-0.1, -0.05) is 0 Å². The first kappa shape index (κ1) is 11.2. The Morgan fingerprint density at radius 3 is 2.13 bits per heavy atom. The second kappa shape index (κ2) is 5.14. The number of piperazine rings is 1. The van der Waals surface area contributed by atoms with E-state index in [1.807, 2.05) is 0 Å². The number of hydrogen-bond acceptors (Lipinski definition) is 3. The van der Waals surface area contributed by atoms with Crippen molar-refractivity contribution in [3.05, 3.63) is 12.2 Å². The molecule has 1 heterocycles. The lowest BCUT2D eigenvalue weighted by Gasteiger charge is -2.31. The predicted molar refractivity (Wildman–Crippen MR) is 51.0 cm³/mol. The zero-order valence-corrected chi connectivity index (χ0v) is 8.13. The molecular weight excluding hydrogens is 200 g/mol. The van der Waals surface area contributed by atoms with E-state index < -0.39 is 5.97 Å². The fourth-order valence-corrected chi connectivity index (χ4v) is 1.30. The fourth-order valence-electron chi connectivity index (χ4n) is 1.30. The molecule has 0 unspecified atom stereocenters. The van der Waals surface area contributed by atoms with Crippen molar-refractivity contribution in [2.24, 2.45) is 0 Å². The number of rotatable bonds is 3. The second-order valence-corrected chi connectivity index (χ2v) is 3.14. The molecule has 1 aliphatic rings. The van der Waals surface area contributed by atoms with Gasteiger partial charge in [0.15, 0.2) is 0 Å². The highest BCUT2D eigenvalue weighted by atomic mass is 16.4. The van der Waals surface area contributed by atoms with Crippen LogP contribution in [0.1, 0.15) is 0 Å². The van der Waals surface area contributed by atoms with Crippen LogP contribution in [0.15, 0.2) is 12.2 Å². The summed E-state index contributed by atoms with van der Waals surface area (Å²) in [5.41, 5.74) is 0. The van der Waals surface area contributed by atoms with Crippen LogP contribution in [-0.2, 0) is 14.4 Å². The van der Waals surface area contributed by atoms with Gasteiger partial charge in [-0.05, 0) is 0 Å². The van der Waals surface area contributed by atoms with Crippen LogP contribution < -0.4 is 0 Å². The van der Waals surface area contributed by atoms with Crippen LogP contribution in [-0.4, -0.2) is 59.4 Å². The third kappa shape index (κ3) is 3.41. The van der Waals surface area contributed by atoms with E-state index in [0.717, 1.165) is 18.6 Å². The highest BCUT2D eigenvalue weighted by molar-refractivity contribution is 5.93. The molecule has 0 bridgehead atoms. The van der Waals surface area contributed by atoms with Crippen molar-refractivity contribution in [3.63, 3.8) is 0 Å². The Bertz CT molecular complexity index is 292. The number of carboxylic acids is 1. The maximum atomic E-state index is 11.4. The Morgan fingerprint density at radius 1 is 1.07 bits per heavy atom. The van der Waals surface area contributed by atoms with Gasteiger partial charge >= 0.3 is 5.97 Å². The molecule has 0 saturated carbocycles. The molecule has 1 saturated heterocycles. The number of carboxylic acid groups (broad SMARTS) is 1. The average Bonchev–Trinajstić information content (AvgIpc) is 2.26. The topological polar surface area (TPSA) is 77.9 Å². The zero-order chi connectivity index (χ0) is 11.3. The van der Waals surface area contributed by atoms with E-state index in [0.29, 0.717) is 26.2 Å². The van der Waals surface area contributed by atoms with Crippen LogP contribution in [0.25, 0.3) is 0 Å². The summed E-state index contributed by atoms with van der Waals surface area (Å²) in [4.78, 5) is 35.0. The van der Waals surface area contributed by atoms with Crippen molar-refractivity contribution in [1.82, 2.24) is 9.80 Å². The maximum Gasteiger partial charge on any atom is 0.328 e. The first-order valence-corrected chi connectivity index (χ1v) is 4.52. The highest BCUT2D eigenvalue weighted by Gasteiger charge is 2.18. The standard InChI is InChI=1S/C9H12N2O4/c12-7-10-3-5-11(6-4-10)8(13)1-2-9(14)15/h1-2,7H,3-6H2,(H,14,15). The Kier molecular flexibility index (Phi) is 3.84. The molecule has 6 nitrogen and oxygen atoms in total. The molecule has 0 aromatic carbocycles. The molecule has 15 heavy (non-hydrogen) atoms. The number of nitrogens with zero attached hydrogens (tertiary/aromatic N) is 2. The van der Waals surface area contributed by atoms with Gasteiger partial charge in [0.2, 0.25) is 12.3 Å². The van der Waals surface area contributed by atoms with Crippen LogP contribution >= 0.6 is 0 Å². The number of amides is 2. The summed E-state index contributed by atoms with van der Waals surface area (Å²) in [5, 5.41) is 8.33. The molecule has 6 heteroatoms. The Balaban J connectivity index is 2.43. The van der Waals surface area contributed by atoms with Crippen molar-refractivity contribution in [2.45, 2.75) is 0 Å². The van der Waals surface area contributed by atoms with Crippen LogP contribution in [0.3, 0.4) is 0 Å². The van der Waals surface area contributed by atoms with Gasteiger partial charge in [0, 0.05) is 38.3 Å². The molecule has 0 aromatic heterocycles. The lowest BCUT2D eigenvalue weighted by Crippen LogP contribution is -2.47. The smallest absolute Gasteiger partial charge is 0.328 e. The minimum Gasteiger partial charge on any atom is -0.478 e. The Morgan fingerprint density at radius 2 is 1.67 bits per heavy atom. The Labute approximate surface area is 86.8 Å². The molecule has 1 aliphatic heterocycles. The van der Waals surface area contributed by atoms with Gasteiger partial charge in [-0.2, -0.15) is 0 Å². The van der Waals surface area contributed by atoms with E-state index in [1.54, 1.807) is 4.90 Å². The van der Waals surface area contributed by atoms with Gasteiger partial charge in [0.25, 0.3) is 0 Å². The van der Waals surface area contributed by atoms with E-state index in [-0.39, 0.29) is 5.91 Å². The van der Waals surface area contributed by atoms with Crippen molar-refractivity contribution in [3.8, 4) is 0 Å². The monoisotopic (exact) mass is 212 g/mol. The zero-order valence-electron chi connectivity index (χ0n) is 8.13. The summed E-state index contributed by atoms with van der Waals surface area (Å²) in [6, 6.07) is 0. The van der Waals surface area contributed by atoms with Gasteiger partial charge in [0.1, 0.15) is 0 Å². The summed E-state index contributed by atoms with van der Waals surface area (Å²) in [6.45, 7) is 1.88. The molecular formula is C9H12N2O4. The number of hydrogen-bond donors (Lipinski definition) is 1. The lowest BCUT2D eigenvalue weighted by molar-refractivity contribution is -0.133. The molecule has 1 N–H and O–H groups in total. The number of aliphatic carboxylic acids is 1. The average molecular weight is 212 g/mol. The fraction of sp³-hybridized carbons (Fsp3) is 0.444. The maximum absolute atomic E-state index is 11.4. The quantitative estimate of drug-likeness (QED) is 0.477. The molecule has 1 fully saturated rings. The van der Waals surface area contributed by atoms with Crippen molar-refractivity contribution >= 4 is 18.3 Å². The third-order valence-corrected chi connectivity index (χ3v) is 2.14. The van der Waals surface area contributed by atoms with Crippen LogP contribution in [0.4, 0.5) is 0 Å². The first-order valence-electron chi connectivity index (χ1n) is 4.52. The minimum absolute atomic E-state index is 0.331. The largest absolute Gasteiger partial charge is 0.478 e. The predicted octanol–water partition coefficient (Wildman–Crippen LogP) is -1.07. The second-order valence-electron chi connectivity index (χ2n) is 3.14. The summed E-state index contributed by atoms with van der Waals surface area (Å²) in [7, 11) is 0. The first-order chi connectivity index (χ1) is 7.13. The lowest BCUT2D eigenvalue weighted by atomic mass is 10.3. The van der Waals surface area contributed by atoms with Gasteiger partial charge < -0.3 is 14.9 Å². The van der Waals surface area contributed by atoms with Crippen LogP contribution in [0.2, 0.25) is 0 Å². The third-order valence-electron chi connectivity index (χ3n) is 2.14. The molecule has 0 radical (unpaired) electrons. The van der Waals surface area contributed by atoms with Crippen LogP contribution in [0, 0.1) is 0 Å². The van der Waals surface area contributed by atoms with E-state index in [4.69, 9.17) is 5.11 Å². The molecule has 2 amide bonds. The molecule has 0 spiro atoms. The van der Waals surface area contributed by atoms with E-state index in [9.17, 15) is 14.4 Å². The molecule has 0 aromatic rings. The van der Waals surface area contributed by atoms with E-state index >= 15 is 0 Å². The summed E-state index contributed by atoms with van der Waals surface area (Å²) < 4.78 is 0. The summed E-state index contributed by atoms with van der Waals surface area (Å²) in [5.74, 6) is -1.47. The highest BCUT2D eigenvalue weighted by Crippen LogP contribution is 2.00. The van der Waals surface area contributed by atoms with Crippen molar-refractivity contribution in [1.29, 1.82) is 0 Å². The molecule has 1 rings (SSSR count). The van der Waals surface area contributed by atoms with Gasteiger partial charge in [-0.3, -0.25) is 9.59 Å². The van der Waals surface area contributed by atoms with Crippen molar-refractivity contribution in [2.75, 3.05) is 26.2 Å². The summed E-state index contributed by atoms with van der Waals surface area (Å²) >= 11 is 0. The van der Waals surface area contributed by atoms with Gasteiger partial charge in [0.05, 0.1) is 0 Å². The number of carbonyl (C=O) groups excluding carboxylic acids is 2. The SMILES string of the molecule is O=CN1CCN(C(=O)C=CC(=O)O)CC1. The van der Waals surface area contributed by atoms with Gasteiger partial charge in [-0.25, -0.2) is 4.79 Å². The Hall–Kier alpha value is -1.85. The molecule has 0 atom stereocenters.